The lowest BCUT2D eigenvalue weighted by Gasteiger charge is -2.15. The molecule has 48 heteroatoms. The van der Waals surface area contributed by atoms with Crippen molar-refractivity contribution < 1.29 is 176 Å². The van der Waals surface area contributed by atoms with Crippen LogP contribution in [-0.2, 0) is 0 Å². The third kappa shape index (κ3) is 13.7. The Balaban J connectivity index is 1.09. The zero-order valence-electron chi connectivity index (χ0n) is 64.1. The van der Waals surface area contributed by atoms with Crippen LogP contribution in [0.15, 0.2) is 140 Å². The van der Waals surface area contributed by atoms with Crippen molar-refractivity contribution in [3.05, 3.63) is 441 Å². The summed E-state index contributed by atoms with van der Waals surface area (Å²) in [7, 11) is 0. The van der Waals surface area contributed by atoms with Crippen LogP contribution < -0.4 is 21.4 Å². The maximum atomic E-state index is 16.9. The van der Waals surface area contributed by atoms with Gasteiger partial charge in [-0.05, 0) is 97.1 Å². The Morgan fingerprint density at radius 2 is 0.243 bits per heavy atom. The van der Waals surface area contributed by atoms with Crippen molar-refractivity contribution in [1.82, 2.24) is 19.9 Å². The maximum absolute atomic E-state index is 16.9. The zero-order valence-corrected chi connectivity index (χ0v) is 64.1. The Labute approximate surface area is 722 Å². The molecule has 0 unspecified atom stereocenters. The van der Waals surface area contributed by atoms with E-state index in [0.717, 1.165) is 0 Å². The first-order valence-corrected chi connectivity index (χ1v) is 36.6. The average Bonchev–Trinajstić information content (AvgIpc) is 1.60. The number of fused-ring (bicyclic) bond motifs is 12. The lowest BCUT2D eigenvalue weighted by molar-refractivity contribution is 0.376. The van der Waals surface area contributed by atoms with Gasteiger partial charge in [0.1, 0.15) is 0 Å². The number of aliphatic imine (C=N–C) groups is 4. The smallest absolute Gasteiger partial charge is 0.200 e. The average molecular weight is 1950 g/mol. The van der Waals surface area contributed by atoms with E-state index in [1.165, 1.54) is 0 Å². The summed E-state index contributed by atoms with van der Waals surface area (Å²) >= 11 is 0. The summed E-state index contributed by atoms with van der Waals surface area (Å²) in [5, 5.41) is -5.85. The van der Waals surface area contributed by atoms with E-state index in [-0.39, 0.29) is 97.1 Å². The summed E-state index contributed by atoms with van der Waals surface area (Å²) in [4.78, 5) is 23.4. The monoisotopic (exact) mass is 1950 g/mol. The second kappa shape index (κ2) is 33.1. The fraction of sp³-hybridized carbons (Fsp3) is 0. The Bertz CT molecular complexity index is 7140. The summed E-state index contributed by atoms with van der Waals surface area (Å²) in [6.07, 6.45) is 1.74. The molecule has 692 valence electrons. The molecule has 0 amide bonds. The molecule has 12 aromatic rings. The molecule has 136 heavy (non-hydrogen) atoms. The highest BCUT2D eigenvalue weighted by atomic mass is 19.2. The van der Waals surface area contributed by atoms with E-state index in [1.54, 1.807) is 0 Å². The molecule has 8 aromatic carbocycles. The minimum absolute atomic E-state index is 0.217. The largest absolute Gasteiger partial charge is 0.354 e. The van der Waals surface area contributed by atoms with Gasteiger partial charge in [0.2, 0.25) is 46.5 Å². The molecule has 4 aromatic heterocycles. The van der Waals surface area contributed by atoms with E-state index in [0.29, 0.717) is 0 Å². The first-order chi connectivity index (χ1) is 64.2. The van der Waals surface area contributed by atoms with E-state index < -0.39 is 412 Å². The van der Waals surface area contributed by atoms with E-state index in [1.807, 2.05) is 19.9 Å². The number of halogens is 40. The topological polar surface area (TPSA) is 113 Å². The number of hydrogen-bond donors (Lipinski definition) is 4. The minimum Gasteiger partial charge on any atom is -0.354 e. The van der Waals surface area contributed by atoms with Crippen LogP contribution in [0.5, 0.6) is 0 Å². The number of rotatable bonds is 8. The Morgan fingerprint density at radius 1 is 0.125 bits per heavy atom. The second-order valence-electron chi connectivity index (χ2n) is 28.6. The maximum Gasteiger partial charge on any atom is 0.200 e. The van der Waals surface area contributed by atoms with Crippen LogP contribution in [0, 0.1) is 233 Å². The summed E-state index contributed by atoms with van der Waals surface area (Å²) < 4.78 is 645. The van der Waals surface area contributed by atoms with Crippen molar-refractivity contribution in [3.63, 3.8) is 0 Å². The van der Waals surface area contributed by atoms with Crippen molar-refractivity contribution in [2.75, 3.05) is 0 Å². The number of allylic oxidation sites excluding steroid dienone is 8. The molecular weight excluding hydrogens is 1930 g/mol. The Kier molecular flexibility index (Phi) is 22.4. The van der Waals surface area contributed by atoms with Gasteiger partial charge in [0.25, 0.3) is 0 Å². The fourth-order valence-corrected chi connectivity index (χ4v) is 15.1. The summed E-state index contributed by atoms with van der Waals surface area (Å²) in [5.74, 6) is -121. The molecule has 0 aliphatic carbocycles. The molecule has 4 N–H and O–H groups in total. The first-order valence-electron chi connectivity index (χ1n) is 36.6. The third-order valence-electron chi connectivity index (χ3n) is 21.2. The third-order valence-corrected chi connectivity index (χ3v) is 21.2. The van der Waals surface area contributed by atoms with Gasteiger partial charge in [-0.2, -0.15) is 0 Å². The highest BCUT2D eigenvalue weighted by molar-refractivity contribution is 6.33. The van der Waals surface area contributed by atoms with Gasteiger partial charge in [-0.15, -0.1) is 0 Å². The normalized spacial score (nSPS) is 14.6. The predicted octanol–water partition coefficient (Wildman–Crippen LogP) is 21.6. The number of H-pyrrole nitrogens is 4. The fourth-order valence-electron chi connectivity index (χ4n) is 15.1. The van der Waals surface area contributed by atoms with Crippen LogP contribution in [0.3, 0.4) is 0 Å². The van der Waals surface area contributed by atoms with Crippen molar-refractivity contribution in [2.24, 2.45) is 20.0 Å². The number of nitrogens with zero attached hydrogens (tertiary/aromatic N) is 4. The molecule has 0 fully saturated rings. The summed E-state index contributed by atoms with van der Waals surface area (Å²) in [6, 6.07) is 1.97. The van der Waals surface area contributed by atoms with E-state index >= 15 is 176 Å². The van der Waals surface area contributed by atoms with Gasteiger partial charge in [-0.1, -0.05) is 0 Å². The molecular formula is C88H20F40N8. The molecule has 0 saturated heterocycles. The van der Waals surface area contributed by atoms with Gasteiger partial charge in [0, 0.05) is 88.8 Å². The summed E-state index contributed by atoms with van der Waals surface area (Å²) in [5.41, 5.74) is -51.5. The molecule has 0 spiro atoms. The number of aromatic amines is 4. The minimum atomic E-state index is -3.06. The standard InChI is InChI=1S/C88H20F40N8/c89-49-41(50(90)66(106)81(121)65(49)105)33-17-1-2-18(129-17)34(42-51(91)67(107)82(122)68(108)52(42)92)20-5-6-22(131-20)36(44-55(95)71(111)84(124)72(112)56(44)96)24-9-10-26(133-24)38(46-59(99)75(115)86(126)76(116)60(46)100)28-13-14-30(135-28)40(48-63(103)79(119)88(128)80(120)64(48)104)32-16-15-31(136-32)39(47-61(101)77(117)87(127)78(118)62(47)102)29-12-11-27(134-29)37(45-57(97)73(113)85(125)74(114)58(45)98)25-8-7-23(132-25)35(21-4-3-19(33)130-21)43-53(93)69(109)83(123)70(110)54(43)94/h1-16,129,132-133,136H. The van der Waals surface area contributed by atoms with Gasteiger partial charge < -0.3 is 19.9 Å². The van der Waals surface area contributed by atoms with Gasteiger partial charge in [-0.3, -0.25) is 0 Å². The van der Waals surface area contributed by atoms with Crippen LogP contribution in [-0.4, -0.2) is 42.8 Å². The lowest BCUT2D eigenvalue weighted by Crippen LogP contribution is -2.24. The van der Waals surface area contributed by atoms with Crippen molar-refractivity contribution in [1.29, 1.82) is 0 Å². The van der Waals surface area contributed by atoms with Gasteiger partial charge >= 0.3 is 0 Å². The molecule has 8 nitrogen and oxygen atoms in total. The van der Waals surface area contributed by atoms with E-state index in [2.05, 4.69) is 20.0 Å². The van der Waals surface area contributed by atoms with Crippen LogP contribution in [0.2, 0.25) is 0 Å². The van der Waals surface area contributed by atoms with Crippen molar-refractivity contribution >= 4 is 67.4 Å². The molecule has 0 saturated carbocycles. The van der Waals surface area contributed by atoms with Gasteiger partial charge in [-0.25, -0.2) is 196 Å². The van der Waals surface area contributed by atoms with Crippen molar-refractivity contribution in [2.45, 2.75) is 0 Å². The van der Waals surface area contributed by atoms with Crippen molar-refractivity contribution in [3.8, 4) is 0 Å². The van der Waals surface area contributed by atoms with E-state index in [9.17, 15) is 0 Å². The van der Waals surface area contributed by atoms with Gasteiger partial charge in [0.15, 0.2) is 186 Å². The van der Waals surface area contributed by atoms with Crippen LogP contribution in [0.1, 0.15) is 67.3 Å². The number of nitrogens with one attached hydrogen (secondary N) is 4. The Morgan fingerprint density at radius 3 is 0.375 bits per heavy atom. The first kappa shape index (κ1) is 92.0. The Hall–Kier alpha value is -15.8. The zero-order chi connectivity index (χ0) is 98.5. The van der Waals surface area contributed by atoms with Crippen LogP contribution in [0.25, 0.3) is 44.6 Å². The van der Waals surface area contributed by atoms with Crippen LogP contribution in [0.4, 0.5) is 176 Å². The number of hydrogen-bond acceptors (Lipinski definition) is 4. The summed E-state index contributed by atoms with van der Waals surface area (Å²) in [6.45, 7) is 0. The van der Waals surface area contributed by atoms with Crippen LogP contribution >= 0.6 is 0 Å². The highest BCUT2D eigenvalue weighted by Gasteiger charge is 2.43. The molecule has 5 aliphatic rings. The highest BCUT2D eigenvalue weighted by Crippen LogP contribution is 2.47. The molecule has 16 bridgehead atoms. The quantitative estimate of drug-likeness (QED) is 0.0660. The lowest BCUT2D eigenvalue weighted by atomic mass is 9.98. The molecule has 5 aliphatic heterocycles. The molecule has 0 radical (unpaired) electrons. The predicted molar refractivity (Wildman–Crippen MR) is 392 cm³/mol. The molecule has 17 rings (SSSR count). The molecule has 0 atom stereocenters. The van der Waals surface area contributed by atoms with E-state index in [4.69, 9.17) is 0 Å². The second-order valence-corrected chi connectivity index (χ2v) is 28.6. The van der Waals surface area contributed by atoms with Gasteiger partial charge in [0.05, 0.1) is 90.1 Å². The number of benzene rings is 8. The SMILES string of the molecule is Fc1c(F)c(F)c(C2=C3C=CC(=N3)C(c3c(F)c(F)c(F)c(F)c3F)=c3ccc([nH]3)=C(c3c(F)c(F)c(F)c(F)c3F)C3=NC(=C(c4c(F)c(F)c(F)c(F)c4F)c4ccc([nH]4)C(c4c(F)c(F)c(F)c(F)c4F)=C4C=CC(=N4)C(c4c(F)c(F)c(F)c(F)c4F)=c4ccc([nH]4)=C(c4c(F)c(F)c(F)c(F)c4F)C4=NC(=C(c5c(F)c(F)c(F)c(F)c5F)c5ccc2[nH]5)C=C4)C=C3)c(F)c1F. The molecule has 9 heterocycles. The number of aromatic nitrogens is 4.